The summed E-state index contributed by atoms with van der Waals surface area (Å²) in [5, 5.41) is 2.95. The summed E-state index contributed by atoms with van der Waals surface area (Å²) in [7, 11) is 0. The Hall–Kier alpha value is -3.67. The molecule has 0 fully saturated rings. The maximum Gasteiger partial charge on any atom is 0.278 e. The normalized spacial score (nSPS) is 11.2. The van der Waals surface area contributed by atoms with Gasteiger partial charge < -0.3 is 9.88 Å². The minimum Gasteiger partial charge on any atom is -0.350 e. The van der Waals surface area contributed by atoms with Gasteiger partial charge in [0.15, 0.2) is 0 Å². The van der Waals surface area contributed by atoms with Crippen molar-refractivity contribution < 1.29 is 4.79 Å². The quantitative estimate of drug-likeness (QED) is 0.517. The first-order valence-electron chi connectivity index (χ1n) is 10.4. The Morgan fingerprint density at radius 1 is 1.06 bits per heavy atom. The third kappa shape index (κ3) is 4.28. The first-order chi connectivity index (χ1) is 14.9. The van der Waals surface area contributed by atoms with E-state index in [9.17, 15) is 9.59 Å². The third-order valence-electron chi connectivity index (χ3n) is 5.37. The lowest BCUT2D eigenvalue weighted by molar-refractivity contribution is -0.121. The van der Waals surface area contributed by atoms with Gasteiger partial charge >= 0.3 is 0 Å². The molecule has 31 heavy (non-hydrogen) atoms. The number of benzene rings is 2. The molecule has 1 N–H and O–H groups in total. The van der Waals surface area contributed by atoms with E-state index < -0.39 is 0 Å². The molecule has 4 rings (SSSR count). The van der Waals surface area contributed by atoms with E-state index in [1.165, 1.54) is 5.56 Å². The van der Waals surface area contributed by atoms with Gasteiger partial charge in [0, 0.05) is 24.3 Å². The van der Waals surface area contributed by atoms with E-state index in [1.54, 1.807) is 15.5 Å². The average Bonchev–Trinajstić information content (AvgIpc) is 3.13. The second-order valence-electron chi connectivity index (χ2n) is 8.05. The molecule has 0 aliphatic heterocycles. The molecule has 0 spiro atoms. The Kier molecular flexibility index (Phi) is 5.71. The Morgan fingerprint density at radius 2 is 1.77 bits per heavy atom. The van der Waals surface area contributed by atoms with E-state index in [4.69, 9.17) is 0 Å². The van der Waals surface area contributed by atoms with Gasteiger partial charge in [-0.3, -0.25) is 14.2 Å². The van der Waals surface area contributed by atoms with Crippen LogP contribution in [-0.2, 0) is 17.9 Å². The molecule has 1 amide bonds. The van der Waals surface area contributed by atoms with Crippen molar-refractivity contribution in [3.63, 3.8) is 0 Å². The number of hydrogen-bond donors (Lipinski definition) is 1. The monoisotopic (exact) mass is 414 g/mol. The molecule has 0 bridgehead atoms. The second-order valence-corrected chi connectivity index (χ2v) is 8.05. The fourth-order valence-electron chi connectivity index (χ4n) is 3.63. The lowest BCUT2D eigenvalue weighted by Crippen LogP contribution is -2.29. The van der Waals surface area contributed by atoms with Crippen LogP contribution in [0.4, 0.5) is 0 Å². The standard InChI is InChI=1S/C25H26N4O2/c1-17(2)29-16-27-23-21(20-7-5-4-6-8-20)14-28(24(23)25(29)31)15-22(30)26-13-19-11-9-18(3)10-12-19/h4-12,14,16-17H,13,15H2,1-3H3,(H,26,30). The van der Waals surface area contributed by atoms with Crippen molar-refractivity contribution in [2.75, 3.05) is 0 Å². The van der Waals surface area contributed by atoms with E-state index in [0.29, 0.717) is 17.6 Å². The number of aryl methyl sites for hydroxylation is 1. The number of hydrogen-bond acceptors (Lipinski definition) is 3. The van der Waals surface area contributed by atoms with Gasteiger partial charge in [-0.1, -0.05) is 60.2 Å². The maximum atomic E-state index is 13.2. The largest absolute Gasteiger partial charge is 0.350 e. The number of aromatic nitrogens is 3. The Bertz CT molecular complexity index is 1270. The molecule has 0 aliphatic rings. The summed E-state index contributed by atoms with van der Waals surface area (Å²) in [6.45, 7) is 6.40. The van der Waals surface area contributed by atoms with Gasteiger partial charge in [-0.15, -0.1) is 0 Å². The van der Waals surface area contributed by atoms with E-state index >= 15 is 0 Å². The molecule has 2 aromatic carbocycles. The minimum absolute atomic E-state index is 0.0247. The highest BCUT2D eigenvalue weighted by Gasteiger charge is 2.18. The Morgan fingerprint density at radius 3 is 2.45 bits per heavy atom. The molecule has 0 saturated carbocycles. The minimum atomic E-state index is -0.156. The summed E-state index contributed by atoms with van der Waals surface area (Å²) in [6.07, 6.45) is 3.44. The zero-order valence-electron chi connectivity index (χ0n) is 18.0. The Balaban J connectivity index is 1.68. The molecule has 0 atom stereocenters. The smallest absolute Gasteiger partial charge is 0.278 e. The zero-order chi connectivity index (χ0) is 22.0. The third-order valence-corrected chi connectivity index (χ3v) is 5.37. The van der Waals surface area contributed by atoms with Gasteiger partial charge in [0.1, 0.15) is 17.6 Å². The van der Waals surface area contributed by atoms with Crippen molar-refractivity contribution in [1.29, 1.82) is 0 Å². The number of nitrogens with zero attached hydrogens (tertiary/aromatic N) is 3. The molecule has 4 aromatic rings. The summed E-state index contributed by atoms with van der Waals surface area (Å²) in [6, 6.07) is 17.8. The van der Waals surface area contributed by atoms with Gasteiger partial charge in [0.2, 0.25) is 5.91 Å². The molecule has 0 radical (unpaired) electrons. The van der Waals surface area contributed by atoms with Crippen LogP contribution in [0.3, 0.4) is 0 Å². The summed E-state index contributed by atoms with van der Waals surface area (Å²) in [5.41, 5.74) is 4.92. The zero-order valence-corrected chi connectivity index (χ0v) is 18.0. The number of carbonyl (C=O) groups excluding carboxylic acids is 1. The van der Waals surface area contributed by atoms with Crippen LogP contribution in [0.25, 0.3) is 22.2 Å². The fourth-order valence-corrected chi connectivity index (χ4v) is 3.63. The lowest BCUT2D eigenvalue weighted by Gasteiger charge is -2.11. The summed E-state index contributed by atoms with van der Waals surface area (Å²) in [4.78, 5) is 30.5. The van der Waals surface area contributed by atoms with E-state index in [1.807, 2.05) is 81.6 Å². The first-order valence-corrected chi connectivity index (χ1v) is 10.4. The highest BCUT2D eigenvalue weighted by molar-refractivity contribution is 5.93. The number of carbonyl (C=O) groups is 1. The highest BCUT2D eigenvalue weighted by atomic mass is 16.2. The van der Waals surface area contributed by atoms with Crippen LogP contribution in [-0.4, -0.2) is 20.0 Å². The second kappa shape index (κ2) is 8.60. The van der Waals surface area contributed by atoms with Crippen molar-refractivity contribution in [3.05, 3.63) is 88.6 Å². The molecule has 2 heterocycles. The van der Waals surface area contributed by atoms with Crippen LogP contribution in [0.1, 0.15) is 31.0 Å². The number of amides is 1. The van der Waals surface area contributed by atoms with E-state index in [0.717, 1.165) is 16.7 Å². The molecule has 158 valence electrons. The molecular weight excluding hydrogens is 388 g/mol. The van der Waals surface area contributed by atoms with Crippen LogP contribution < -0.4 is 10.9 Å². The van der Waals surface area contributed by atoms with Crippen LogP contribution in [0.2, 0.25) is 0 Å². The van der Waals surface area contributed by atoms with Crippen LogP contribution >= 0.6 is 0 Å². The van der Waals surface area contributed by atoms with E-state index in [2.05, 4.69) is 10.3 Å². The molecule has 0 saturated heterocycles. The molecule has 6 nitrogen and oxygen atoms in total. The predicted octanol–water partition coefficient (Wildman–Crippen LogP) is 4.07. The summed E-state index contributed by atoms with van der Waals surface area (Å²) < 4.78 is 3.31. The molecule has 6 heteroatoms. The predicted molar refractivity (Wildman–Crippen MR) is 123 cm³/mol. The number of nitrogens with one attached hydrogen (secondary N) is 1. The molecule has 0 unspecified atom stereocenters. The first kappa shape index (κ1) is 20.6. The maximum absolute atomic E-state index is 13.2. The van der Waals surface area contributed by atoms with Gasteiger partial charge in [-0.2, -0.15) is 0 Å². The fraction of sp³-hybridized carbons (Fsp3) is 0.240. The van der Waals surface area contributed by atoms with Crippen LogP contribution in [0.5, 0.6) is 0 Å². The SMILES string of the molecule is Cc1ccc(CNC(=O)Cn2cc(-c3ccccc3)c3ncn(C(C)C)c(=O)c32)cc1. The average molecular weight is 415 g/mol. The van der Waals surface area contributed by atoms with E-state index in [-0.39, 0.29) is 24.1 Å². The summed E-state index contributed by atoms with van der Waals surface area (Å²) in [5.74, 6) is -0.156. The van der Waals surface area contributed by atoms with Crippen LogP contribution in [0.15, 0.2) is 71.9 Å². The number of rotatable bonds is 6. The Labute approximate surface area is 181 Å². The van der Waals surface area contributed by atoms with Gasteiger partial charge in [-0.05, 0) is 31.9 Å². The van der Waals surface area contributed by atoms with Crippen molar-refractivity contribution in [2.24, 2.45) is 0 Å². The molecular formula is C25H26N4O2. The van der Waals surface area contributed by atoms with Gasteiger partial charge in [0.05, 0.1) is 6.33 Å². The van der Waals surface area contributed by atoms with Crippen molar-refractivity contribution in [3.8, 4) is 11.1 Å². The van der Waals surface area contributed by atoms with Crippen molar-refractivity contribution >= 4 is 16.9 Å². The van der Waals surface area contributed by atoms with Crippen molar-refractivity contribution in [1.82, 2.24) is 19.4 Å². The molecule has 0 aliphatic carbocycles. The topological polar surface area (TPSA) is 68.9 Å². The van der Waals surface area contributed by atoms with Gasteiger partial charge in [0.25, 0.3) is 5.56 Å². The lowest BCUT2D eigenvalue weighted by atomic mass is 10.1. The van der Waals surface area contributed by atoms with Crippen LogP contribution in [0, 0.1) is 6.92 Å². The molecule has 2 aromatic heterocycles. The highest BCUT2D eigenvalue weighted by Crippen LogP contribution is 2.27. The number of fused-ring (bicyclic) bond motifs is 1. The summed E-state index contributed by atoms with van der Waals surface area (Å²) >= 11 is 0. The van der Waals surface area contributed by atoms with Gasteiger partial charge in [-0.25, -0.2) is 4.98 Å². The van der Waals surface area contributed by atoms with Crippen molar-refractivity contribution in [2.45, 2.75) is 39.9 Å².